The number of sulfonamides is 1. The van der Waals surface area contributed by atoms with Gasteiger partial charge in [0.05, 0.1) is 29.5 Å². The maximum Gasteiger partial charge on any atom is 0.262 e. The first kappa shape index (κ1) is 23.3. The first-order valence-corrected chi connectivity index (χ1v) is 12.8. The number of hydrogen-bond donors (Lipinski definition) is 2. The van der Waals surface area contributed by atoms with Gasteiger partial charge in [-0.15, -0.1) is 0 Å². The van der Waals surface area contributed by atoms with Crippen LogP contribution in [0.4, 0.5) is 11.5 Å². The molecule has 0 radical (unpaired) electrons. The number of carbonyl (C=O) groups is 1. The maximum atomic E-state index is 13.6. The molecule has 10 heteroatoms. The number of piperidine rings is 1. The zero-order chi connectivity index (χ0) is 23.4. The van der Waals surface area contributed by atoms with Gasteiger partial charge in [-0.2, -0.15) is 0 Å². The van der Waals surface area contributed by atoms with E-state index in [1.54, 1.807) is 18.2 Å². The van der Waals surface area contributed by atoms with Crippen LogP contribution in [-0.2, 0) is 10.0 Å². The van der Waals surface area contributed by atoms with Crippen LogP contribution in [0, 0.1) is 0 Å². The van der Waals surface area contributed by atoms with Crippen molar-refractivity contribution in [3.05, 3.63) is 42.1 Å². The molecular weight excluding hydrogens is 442 g/mol. The Morgan fingerprint density at radius 2 is 1.97 bits per heavy atom. The van der Waals surface area contributed by atoms with Crippen molar-refractivity contribution in [2.24, 2.45) is 0 Å². The van der Waals surface area contributed by atoms with Gasteiger partial charge < -0.3 is 19.9 Å². The van der Waals surface area contributed by atoms with Gasteiger partial charge in [-0.25, -0.2) is 13.4 Å². The number of likely N-dealkylation sites (tertiary alicyclic amines) is 1. The van der Waals surface area contributed by atoms with E-state index in [-0.39, 0.29) is 22.5 Å². The summed E-state index contributed by atoms with van der Waals surface area (Å²) in [5.41, 5.74) is 0.682. The number of anilines is 2. The van der Waals surface area contributed by atoms with Gasteiger partial charge in [-0.05, 0) is 44.4 Å². The predicted octanol–water partition coefficient (Wildman–Crippen LogP) is 2.32. The Balaban J connectivity index is 1.68. The summed E-state index contributed by atoms with van der Waals surface area (Å²) < 4.78 is 33.7. The van der Waals surface area contributed by atoms with Crippen molar-refractivity contribution in [1.82, 2.24) is 15.2 Å². The Morgan fingerprint density at radius 3 is 2.70 bits per heavy atom. The molecule has 2 aliphatic rings. The third-order valence-electron chi connectivity index (χ3n) is 6.18. The minimum Gasteiger partial charge on any atom is -0.497 e. The molecule has 33 heavy (non-hydrogen) atoms. The van der Waals surface area contributed by atoms with Gasteiger partial charge in [0, 0.05) is 44.8 Å². The van der Waals surface area contributed by atoms with Gasteiger partial charge in [-0.3, -0.25) is 9.52 Å². The van der Waals surface area contributed by atoms with Gasteiger partial charge in [-0.1, -0.05) is 6.07 Å². The zero-order valence-electron chi connectivity index (χ0n) is 19.1. The molecule has 1 amide bonds. The Hall–Kier alpha value is -2.85. The van der Waals surface area contributed by atoms with E-state index in [1.165, 1.54) is 25.4 Å². The van der Waals surface area contributed by atoms with E-state index in [9.17, 15) is 13.2 Å². The van der Waals surface area contributed by atoms with Crippen LogP contribution in [-0.4, -0.2) is 70.1 Å². The van der Waals surface area contributed by atoms with Crippen LogP contribution in [0.15, 0.2) is 41.4 Å². The van der Waals surface area contributed by atoms with Gasteiger partial charge in [0.1, 0.15) is 11.6 Å². The molecule has 3 heterocycles. The normalized spacial score (nSPS) is 19.3. The third-order valence-corrected chi connectivity index (χ3v) is 7.56. The number of aromatic nitrogens is 1. The Morgan fingerprint density at radius 1 is 1.18 bits per heavy atom. The molecule has 1 atom stereocenters. The van der Waals surface area contributed by atoms with Crippen molar-refractivity contribution in [2.75, 3.05) is 49.5 Å². The molecule has 0 unspecified atom stereocenters. The van der Waals surface area contributed by atoms with Gasteiger partial charge in [0.15, 0.2) is 0 Å². The number of benzene rings is 1. The average Bonchev–Trinajstić information content (AvgIpc) is 2.84. The molecule has 1 aromatic carbocycles. The fraction of sp³-hybridized carbons (Fsp3) is 0.478. The van der Waals surface area contributed by atoms with Gasteiger partial charge in [0.2, 0.25) is 0 Å². The molecule has 2 aliphatic heterocycles. The van der Waals surface area contributed by atoms with Crippen molar-refractivity contribution < 1.29 is 17.9 Å². The van der Waals surface area contributed by atoms with Crippen LogP contribution in [0.5, 0.6) is 5.75 Å². The largest absolute Gasteiger partial charge is 0.497 e. The number of hydrogen-bond acceptors (Lipinski definition) is 7. The molecule has 2 N–H and O–H groups in total. The van der Waals surface area contributed by atoms with Crippen molar-refractivity contribution in [1.29, 1.82) is 0 Å². The lowest BCUT2D eigenvalue weighted by Crippen LogP contribution is -2.46. The molecule has 2 aromatic rings. The summed E-state index contributed by atoms with van der Waals surface area (Å²) in [7, 11) is -2.40. The molecule has 0 bridgehead atoms. The molecule has 0 saturated carbocycles. The minimum atomic E-state index is -3.88. The van der Waals surface area contributed by atoms with E-state index in [1.807, 2.05) is 4.90 Å². The first-order valence-electron chi connectivity index (χ1n) is 11.3. The summed E-state index contributed by atoms with van der Waals surface area (Å²) in [4.78, 5) is 22.2. The fourth-order valence-corrected chi connectivity index (χ4v) is 5.41. The highest BCUT2D eigenvalue weighted by molar-refractivity contribution is 7.92. The second-order valence-electron chi connectivity index (χ2n) is 8.46. The van der Waals surface area contributed by atoms with Crippen molar-refractivity contribution in [3.63, 3.8) is 0 Å². The Kier molecular flexibility index (Phi) is 7.04. The molecule has 0 spiro atoms. The highest BCUT2D eigenvalue weighted by Crippen LogP contribution is 2.28. The quantitative estimate of drug-likeness (QED) is 0.664. The molecule has 0 aliphatic carbocycles. The molecule has 178 valence electrons. The Bertz CT molecular complexity index is 1100. The number of carbonyl (C=O) groups excluding carboxylic acids is 1. The zero-order valence-corrected chi connectivity index (χ0v) is 19.9. The molecule has 9 nitrogen and oxygen atoms in total. The molecule has 1 aromatic heterocycles. The van der Waals surface area contributed by atoms with E-state index in [0.29, 0.717) is 23.7 Å². The lowest BCUT2D eigenvalue weighted by atomic mass is 10.0. The van der Waals surface area contributed by atoms with Crippen molar-refractivity contribution in [2.45, 2.75) is 37.1 Å². The van der Waals surface area contributed by atoms with Crippen LogP contribution in [0.1, 0.15) is 36.5 Å². The predicted molar refractivity (Wildman–Crippen MR) is 127 cm³/mol. The molecular formula is C23H31N5O4S. The summed E-state index contributed by atoms with van der Waals surface area (Å²) in [5, 5.41) is 3.31. The van der Waals surface area contributed by atoms with Crippen LogP contribution >= 0.6 is 0 Å². The number of pyridine rings is 1. The molecule has 4 rings (SSSR count). The first-order chi connectivity index (χ1) is 15.9. The number of rotatable bonds is 6. The summed E-state index contributed by atoms with van der Waals surface area (Å²) >= 11 is 0. The van der Waals surface area contributed by atoms with E-state index in [4.69, 9.17) is 4.74 Å². The summed E-state index contributed by atoms with van der Waals surface area (Å²) in [6.45, 7) is 5.83. The lowest BCUT2D eigenvalue weighted by Gasteiger charge is -2.35. The standard InChI is InChI=1S/C23H31N5O4S/c1-17-6-3-4-11-28(17)23(29)21-14-18(16-25-22(21)27-12-9-24-10-13-27)26-33(30,31)20-8-5-7-19(15-20)32-2/h5,7-8,14-17,24,26H,3-4,6,9-13H2,1-2H3/t17-/m0/s1. The fourth-order valence-electron chi connectivity index (χ4n) is 4.34. The summed E-state index contributed by atoms with van der Waals surface area (Å²) in [6.07, 6.45) is 4.51. The maximum absolute atomic E-state index is 13.6. The van der Waals surface area contributed by atoms with Crippen molar-refractivity contribution >= 4 is 27.4 Å². The van der Waals surface area contributed by atoms with E-state index < -0.39 is 10.0 Å². The third kappa shape index (κ3) is 5.22. The lowest BCUT2D eigenvalue weighted by molar-refractivity contribution is 0.0636. The van der Waals surface area contributed by atoms with Gasteiger partial charge in [0.25, 0.3) is 15.9 Å². The number of nitrogens with zero attached hydrogens (tertiary/aromatic N) is 3. The SMILES string of the molecule is COc1cccc(S(=O)(=O)Nc2cnc(N3CCNCC3)c(C(=O)N3CCCC[C@@H]3C)c2)c1. The second-order valence-corrected chi connectivity index (χ2v) is 10.1. The van der Waals surface area contributed by atoms with Crippen LogP contribution in [0.2, 0.25) is 0 Å². The number of amides is 1. The van der Waals surface area contributed by atoms with E-state index in [0.717, 1.165) is 45.4 Å². The molecule has 2 saturated heterocycles. The Labute approximate surface area is 195 Å². The number of ether oxygens (including phenoxy) is 1. The van der Waals surface area contributed by atoms with Crippen LogP contribution in [0.25, 0.3) is 0 Å². The number of piperazine rings is 1. The van der Waals surface area contributed by atoms with Crippen LogP contribution in [0.3, 0.4) is 0 Å². The van der Waals surface area contributed by atoms with Gasteiger partial charge >= 0.3 is 0 Å². The summed E-state index contributed by atoms with van der Waals surface area (Å²) in [5.74, 6) is 0.939. The summed E-state index contributed by atoms with van der Waals surface area (Å²) in [6, 6.07) is 8.00. The smallest absolute Gasteiger partial charge is 0.262 e. The minimum absolute atomic E-state index is 0.0746. The molecule has 2 fully saturated rings. The second kappa shape index (κ2) is 9.96. The number of nitrogens with one attached hydrogen (secondary N) is 2. The van der Waals surface area contributed by atoms with E-state index >= 15 is 0 Å². The highest BCUT2D eigenvalue weighted by Gasteiger charge is 2.29. The average molecular weight is 474 g/mol. The van der Waals surface area contributed by atoms with Crippen molar-refractivity contribution in [3.8, 4) is 5.75 Å². The topological polar surface area (TPSA) is 104 Å². The van der Waals surface area contributed by atoms with Crippen LogP contribution < -0.4 is 19.7 Å². The monoisotopic (exact) mass is 473 g/mol. The highest BCUT2D eigenvalue weighted by atomic mass is 32.2. The number of methoxy groups -OCH3 is 1. The van der Waals surface area contributed by atoms with E-state index in [2.05, 4.69) is 26.8 Å².